The van der Waals surface area contributed by atoms with Gasteiger partial charge in [0.1, 0.15) is 23.5 Å². The summed E-state index contributed by atoms with van der Waals surface area (Å²) in [6.45, 7) is 2.27. The van der Waals surface area contributed by atoms with Crippen molar-refractivity contribution in [3.63, 3.8) is 0 Å². The van der Waals surface area contributed by atoms with Crippen molar-refractivity contribution < 1.29 is 9.18 Å². The molecular formula is C19H21FN6O. The van der Waals surface area contributed by atoms with E-state index >= 15 is 0 Å². The molecule has 0 bridgehead atoms. The normalized spacial score (nSPS) is 15.3. The molecule has 1 aliphatic heterocycles. The van der Waals surface area contributed by atoms with E-state index in [2.05, 4.69) is 25.3 Å². The van der Waals surface area contributed by atoms with Crippen LogP contribution < -0.4 is 10.2 Å². The molecule has 0 saturated carbocycles. The molecule has 2 aromatic heterocycles. The lowest BCUT2D eigenvalue weighted by Gasteiger charge is -2.33. The average molecular weight is 368 g/mol. The van der Waals surface area contributed by atoms with Crippen molar-refractivity contribution in [1.29, 1.82) is 0 Å². The number of nitrogens with one attached hydrogen (secondary N) is 1. The van der Waals surface area contributed by atoms with Crippen LogP contribution in [-0.4, -0.2) is 45.3 Å². The lowest BCUT2D eigenvalue weighted by atomic mass is 9.96. The van der Waals surface area contributed by atoms with Gasteiger partial charge in [-0.05, 0) is 30.9 Å². The molecule has 1 aliphatic rings. The minimum Gasteiger partial charge on any atom is -0.356 e. The first-order valence-electron chi connectivity index (χ1n) is 9.03. The van der Waals surface area contributed by atoms with E-state index in [4.69, 9.17) is 0 Å². The number of nitrogens with zero attached hydrogens (tertiary/aromatic N) is 5. The Kier molecular flexibility index (Phi) is 4.70. The highest BCUT2D eigenvalue weighted by Gasteiger charge is 2.22. The van der Waals surface area contributed by atoms with Crippen molar-refractivity contribution in [2.24, 2.45) is 13.0 Å². The zero-order valence-corrected chi connectivity index (χ0v) is 15.1. The summed E-state index contributed by atoms with van der Waals surface area (Å²) in [5, 5.41) is 7.74. The monoisotopic (exact) mass is 368 g/mol. The van der Waals surface area contributed by atoms with Crippen molar-refractivity contribution >= 4 is 22.6 Å². The maximum absolute atomic E-state index is 14.0. The van der Waals surface area contributed by atoms with Gasteiger partial charge in [0, 0.05) is 38.3 Å². The third-order valence-corrected chi connectivity index (χ3v) is 5.03. The number of anilines is 1. The van der Waals surface area contributed by atoms with Gasteiger partial charge in [0.2, 0.25) is 0 Å². The van der Waals surface area contributed by atoms with Crippen LogP contribution in [0.25, 0.3) is 10.9 Å². The van der Waals surface area contributed by atoms with Gasteiger partial charge in [-0.15, -0.1) is 0 Å². The summed E-state index contributed by atoms with van der Waals surface area (Å²) in [4.78, 5) is 22.8. The van der Waals surface area contributed by atoms with Gasteiger partial charge in [-0.2, -0.15) is 5.10 Å². The molecule has 1 N–H and O–H groups in total. The average Bonchev–Trinajstić information content (AvgIpc) is 3.13. The smallest absolute Gasteiger partial charge is 0.254 e. The number of halogens is 1. The molecule has 27 heavy (non-hydrogen) atoms. The number of amides is 1. The van der Waals surface area contributed by atoms with Crippen molar-refractivity contribution in [2.45, 2.75) is 12.8 Å². The van der Waals surface area contributed by atoms with Gasteiger partial charge in [0.15, 0.2) is 0 Å². The first kappa shape index (κ1) is 17.4. The second-order valence-corrected chi connectivity index (χ2v) is 6.88. The molecular weight excluding hydrogens is 347 g/mol. The van der Waals surface area contributed by atoms with Crippen LogP contribution in [0.5, 0.6) is 0 Å². The summed E-state index contributed by atoms with van der Waals surface area (Å²) in [6, 6.07) is 4.95. The van der Waals surface area contributed by atoms with E-state index in [1.807, 2.05) is 6.07 Å². The standard InChI is InChI=1S/C19H21FN6O/c1-25-11-14(10-24-25)19(27)21-9-13-5-7-26(8-6-13)18-15-3-2-4-16(20)17(15)22-12-23-18/h2-4,10-13H,5-9H2,1H3,(H,21,27). The Hall–Kier alpha value is -3.03. The fraction of sp³-hybridized carbons (Fsp3) is 0.368. The number of aromatic nitrogens is 4. The highest BCUT2D eigenvalue weighted by atomic mass is 19.1. The fourth-order valence-electron chi connectivity index (χ4n) is 3.52. The predicted octanol–water partition coefficient (Wildman–Crippen LogP) is 2.15. The third kappa shape index (κ3) is 3.60. The molecule has 7 nitrogen and oxygen atoms in total. The minimum atomic E-state index is -0.329. The molecule has 0 unspecified atom stereocenters. The van der Waals surface area contributed by atoms with Crippen LogP contribution in [0.3, 0.4) is 0 Å². The van der Waals surface area contributed by atoms with Crippen LogP contribution in [0.15, 0.2) is 36.9 Å². The molecule has 0 aliphatic carbocycles. The molecule has 3 aromatic rings. The summed E-state index contributed by atoms with van der Waals surface area (Å²) < 4.78 is 15.6. The van der Waals surface area contributed by atoms with Crippen molar-refractivity contribution in [3.05, 3.63) is 48.3 Å². The first-order chi connectivity index (χ1) is 13.1. The number of rotatable bonds is 4. The second kappa shape index (κ2) is 7.30. The van der Waals surface area contributed by atoms with Crippen LogP contribution in [-0.2, 0) is 7.05 Å². The molecule has 0 radical (unpaired) electrons. The zero-order chi connectivity index (χ0) is 18.8. The van der Waals surface area contributed by atoms with E-state index in [9.17, 15) is 9.18 Å². The van der Waals surface area contributed by atoms with Crippen molar-refractivity contribution in [1.82, 2.24) is 25.1 Å². The van der Waals surface area contributed by atoms with E-state index < -0.39 is 0 Å². The Balaban J connectivity index is 1.37. The first-order valence-corrected chi connectivity index (χ1v) is 9.03. The van der Waals surface area contributed by atoms with Crippen molar-refractivity contribution in [2.75, 3.05) is 24.5 Å². The number of carbonyl (C=O) groups excluding carboxylic acids is 1. The maximum Gasteiger partial charge on any atom is 0.254 e. The van der Waals surface area contributed by atoms with E-state index in [0.717, 1.165) is 37.1 Å². The Bertz CT molecular complexity index is 964. The molecule has 1 saturated heterocycles. The molecule has 1 amide bonds. The van der Waals surface area contributed by atoms with E-state index in [1.54, 1.807) is 30.2 Å². The van der Waals surface area contributed by atoms with Gasteiger partial charge in [0.05, 0.1) is 11.8 Å². The maximum atomic E-state index is 14.0. The van der Waals surface area contributed by atoms with Gasteiger partial charge >= 0.3 is 0 Å². The predicted molar refractivity (Wildman–Crippen MR) is 100.0 cm³/mol. The number of piperidine rings is 1. The quantitative estimate of drug-likeness (QED) is 0.764. The number of carbonyl (C=O) groups is 1. The van der Waals surface area contributed by atoms with E-state index in [0.29, 0.717) is 23.5 Å². The van der Waals surface area contributed by atoms with Crippen LogP contribution in [0.2, 0.25) is 0 Å². The SMILES string of the molecule is Cn1cc(C(=O)NCC2CCN(c3ncnc4c(F)cccc34)CC2)cn1. The summed E-state index contributed by atoms with van der Waals surface area (Å²) >= 11 is 0. The summed E-state index contributed by atoms with van der Waals surface area (Å²) in [5.74, 6) is 0.760. The number of para-hydroxylation sites is 1. The molecule has 8 heteroatoms. The summed E-state index contributed by atoms with van der Waals surface area (Å²) in [6.07, 6.45) is 6.57. The highest BCUT2D eigenvalue weighted by molar-refractivity contribution is 5.93. The van der Waals surface area contributed by atoms with E-state index in [1.165, 1.54) is 12.4 Å². The molecule has 3 heterocycles. The third-order valence-electron chi connectivity index (χ3n) is 5.03. The lowest BCUT2D eigenvalue weighted by Crippen LogP contribution is -2.39. The number of aryl methyl sites for hydroxylation is 1. The van der Waals surface area contributed by atoms with E-state index in [-0.39, 0.29) is 11.7 Å². The van der Waals surface area contributed by atoms with Crippen LogP contribution in [0.1, 0.15) is 23.2 Å². The number of benzene rings is 1. The molecule has 0 spiro atoms. The molecule has 140 valence electrons. The van der Waals surface area contributed by atoms with Gasteiger partial charge in [0.25, 0.3) is 5.91 Å². The molecule has 1 aromatic carbocycles. The summed E-state index contributed by atoms with van der Waals surface area (Å²) in [7, 11) is 1.79. The highest BCUT2D eigenvalue weighted by Crippen LogP contribution is 2.28. The van der Waals surface area contributed by atoms with Gasteiger partial charge in [-0.3, -0.25) is 9.48 Å². The van der Waals surface area contributed by atoms with Crippen molar-refractivity contribution in [3.8, 4) is 0 Å². The molecule has 4 rings (SSSR count). The van der Waals surface area contributed by atoms with Gasteiger partial charge in [-0.1, -0.05) is 6.07 Å². The largest absolute Gasteiger partial charge is 0.356 e. The van der Waals surface area contributed by atoms with Crippen LogP contribution >= 0.6 is 0 Å². The van der Waals surface area contributed by atoms with Crippen LogP contribution in [0.4, 0.5) is 10.2 Å². The fourth-order valence-corrected chi connectivity index (χ4v) is 3.52. The molecule has 1 fully saturated rings. The Morgan fingerprint density at radius 3 is 2.85 bits per heavy atom. The zero-order valence-electron chi connectivity index (χ0n) is 15.1. The van der Waals surface area contributed by atoms with Gasteiger partial charge < -0.3 is 10.2 Å². The van der Waals surface area contributed by atoms with Crippen LogP contribution in [0, 0.1) is 11.7 Å². The second-order valence-electron chi connectivity index (χ2n) is 6.88. The minimum absolute atomic E-state index is 0.0946. The Morgan fingerprint density at radius 1 is 1.30 bits per heavy atom. The number of fused-ring (bicyclic) bond motifs is 1. The topological polar surface area (TPSA) is 75.9 Å². The number of hydrogen-bond donors (Lipinski definition) is 1. The Labute approximate surface area is 156 Å². The van der Waals surface area contributed by atoms with Gasteiger partial charge in [-0.25, -0.2) is 14.4 Å². The molecule has 0 atom stereocenters. The lowest BCUT2D eigenvalue weighted by molar-refractivity contribution is 0.0945. The Morgan fingerprint density at radius 2 is 2.11 bits per heavy atom. The number of hydrogen-bond acceptors (Lipinski definition) is 5. The summed E-state index contributed by atoms with van der Waals surface area (Å²) in [5.41, 5.74) is 0.928.